The van der Waals surface area contributed by atoms with Gasteiger partial charge >= 0.3 is 0 Å². The first-order chi connectivity index (χ1) is 10.8. The summed E-state index contributed by atoms with van der Waals surface area (Å²) in [6.45, 7) is -0.0744. The summed E-state index contributed by atoms with van der Waals surface area (Å²) in [5, 5.41) is 9.85. The number of benzene rings is 2. The van der Waals surface area contributed by atoms with E-state index in [1.807, 2.05) is 59.3 Å². The Morgan fingerprint density at radius 2 is 2.05 bits per heavy atom. The molecule has 4 nitrogen and oxygen atoms in total. The third kappa shape index (κ3) is 3.51. The second-order valence-corrected chi connectivity index (χ2v) is 5.40. The Labute approximate surface area is 132 Å². The van der Waals surface area contributed by atoms with E-state index in [9.17, 15) is 4.79 Å². The van der Waals surface area contributed by atoms with E-state index in [0.717, 1.165) is 16.3 Å². The van der Waals surface area contributed by atoms with Crippen molar-refractivity contribution in [2.75, 3.05) is 6.61 Å². The van der Waals surface area contributed by atoms with Crippen LogP contribution in [0, 0.1) is 0 Å². The van der Waals surface area contributed by atoms with Gasteiger partial charge in [0.05, 0.1) is 6.21 Å². The molecule has 0 atom stereocenters. The quantitative estimate of drug-likeness (QED) is 0.580. The minimum Gasteiger partial charge on any atom is -0.483 e. The van der Waals surface area contributed by atoms with E-state index >= 15 is 0 Å². The van der Waals surface area contributed by atoms with E-state index < -0.39 is 0 Å². The van der Waals surface area contributed by atoms with E-state index in [1.54, 1.807) is 17.6 Å². The molecule has 110 valence electrons. The Morgan fingerprint density at radius 3 is 2.91 bits per heavy atom. The fourth-order valence-corrected chi connectivity index (χ4v) is 2.64. The van der Waals surface area contributed by atoms with Crippen LogP contribution in [0.25, 0.3) is 10.8 Å². The highest BCUT2D eigenvalue weighted by molar-refractivity contribution is 7.08. The molecule has 3 aromatic rings. The first kappa shape index (κ1) is 14.3. The van der Waals surface area contributed by atoms with Crippen molar-refractivity contribution in [3.8, 4) is 5.75 Å². The molecular formula is C17H14N2O2S. The zero-order chi connectivity index (χ0) is 15.2. The number of carbonyl (C=O) groups is 1. The SMILES string of the molecule is O=C(COc1cccc2ccccc12)NN=Cc1ccsc1. The predicted octanol–water partition coefficient (Wildman–Crippen LogP) is 3.43. The summed E-state index contributed by atoms with van der Waals surface area (Å²) in [6, 6.07) is 15.6. The Morgan fingerprint density at radius 1 is 1.18 bits per heavy atom. The molecule has 0 fully saturated rings. The van der Waals surface area contributed by atoms with Crippen LogP contribution in [0.1, 0.15) is 5.56 Å². The Balaban J connectivity index is 1.58. The van der Waals surface area contributed by atoms with Crippen molar-refractivity contribution in [2.24, 2.45) is 5.10 Å². The molecule has 0 bridgehead atoms. The van der Waals surface area contributed by atoms with Gasteiger partial charge in [0, 0.05) is 10.9 Å². The Hall–Kier alpha value is -2.66. The topological polar surface area (TPSA) is 50.7 Å². The molecule has 0 unspecified atom stereocenters. The largest absolute Gasteiger partial charge is 0.483 e. The third-order valence-electron chi connectivity index (χ3n) is 3.05. The van der Waals surface area contributed by atoms with E-state index in [0.29, 0.717) is 5.75 Å². The summed E-state index contributed by atoms with van der Waals surface area (Å²) in [4.78, 5) is 11.7. The van der Waals surface area contributed by atoms with Crippen LogP contribution in [0.15, 0.2) is 64.4 Å². The molecule has 0 spiro atoms. The lowest BCUT2D eigenvalue weighted by atomic mass is 10.1. The maximum absolute atomic E-state index is 11.7. The number of hydrazone groups is 1. The van der Waals surface area contributed by atoms with Crippen LogP contribution < -0.4 is 10.2 Å². The summed E-state index contributed by atoms with van der Waals surface area (Å²) < 4.78 is 5.58. The molecule has 2 aromatic carbocycles. The molecule has 1 amide bonds. The van der Waals surface area contributed by atoms with Crippen molar-refractivity contribution in [1.82, 2.24) is 5.43 Å². The number of ether oxygens (including phenoxy) is 1. The molecule has 0 radical (unpaired) electrons. The van der Waals surface area contributed by atoms with Crippen molar-refractivity contribution < 1.29 is 9.53 Å². The lowest BCUT2D eigenvalue weighted by molar-refractivity contribution is -0.123. The number of hydrogen-bond acceptors (Lipinski definition) is 4. The molecule has 0 saturated carbocycles. The maximum atomic E-state index is 11.7. The maximum Gasteiger partial charge on any atom is 0.277 e. The molecule has 0 aliphatic carbocycles. The molecule has 22 heavy (non-hydrogen) atoms. The van der Waals surface area contributed by atoms with Gasteiger partial charge in [-0.3, -0.25) is 4.79 Å². The number of rotatable bonds is 5. The van der Waals surface area contributed by atoms with Crippen LogP contribution in [0.3, 0.4) is 0 Å². The summed E-state index contributed by atoms with van der Waals surface area (Å²) in [5.41, 5.74) is 3.41. The average Bonchev–Trinajstić information content (AvgIpc) is 3.06. The van der Waals surface area contributed by atoms with Gasteiger partial charge < -0.3 is 4.74 Å². The number of carbonyl (C=O) groups excluding carboxylic acids is 1. The second kappa shape index (κ2) is 6.87. The van der Waals surface area contributed by atoms with Gasteiger partial charge in [-0.15, -0.1) is 0 Å². The lowest BCUT2D eigenvalue weighted by Gasteiger charge is -2.08. The summed E-state index contributed by atoms with van der Waals surface area (Å²) in [5.74, 6) is 0.398. The number of amides is 1. The van der Waals surface area contributed by atoms with Gasteiger partial charge in [0.25, 0.3) is 5.91 Å². The van der Waals surface area contributed by atoms with Crippen molar-refractivity contribution in [2.45, 2.75) is 0 Å². The number of nitrogens with one attached hydrogen (secondary N) is 1. The molecule has 3 rings (SSSR count). The van der Waals surface area contributed by atoms with Crippen molar-refractivity contribution >= 4 is 34.2 Å². The van der Waals surface area contributed by atoms with Crippen molar-refractivity contribution in [3.63, 3.8) is 0 Å². The van der Waals surface area contributed by atoms with Crippen molar-refractivity contribution in [3.05, 3.63) is 64.9 Å². The summed E-state index contributed by atoms with van der Waals surface area (Å²) in [6.07, 6.45) is 1.60. The van der Waals surface area contributed by atoms with Gasteiger partial charge in [-0.05, 0) is 28.3 Å². The molecule has 0 aliphatic rings. The zero-order valence-corrected chi connectivity index (χ0v) is 12.5. The van der Waals surface area contributed by atoms with Gasteiger partial charge in [-0.1, -0.05) is 36.4 Å². The summed E-state index contributed by atoms with van der Waals surface area (Å²) >= 11 is 1.58. The molecule has 1 heterocycles. The highest BCUT2D eigenvalue weighted by Crippen LogP contribution is 2.24. The Bertz CT molecular complexity index is 792. The summed E-state index contributed by atoms with van der Waals surface area (Å²) in [7, 11) is 0. The van der Waals surface area contributed by atoms with Crippen LogP contribution in [0.5, 0.6) is 5.75 Å². The lowest BCUT2D eigenvalue weighted by Crippen LogP contribution is -2.24. The van der Waals surface area contributed by atoms with Gasteiger partial charge in [-0.25, -0.2) is 5.43 Å². The first-order valence-electron chi connectivity index (χ1n) is 6.77. The highest BCUT2D eigenvalue weighted by atomic mass is 32.1. The van der Waals surface area contributed by atoms with Gasteiger partial charge in [0.15, 0.2) is 6.61 Å². The van der Waals surface area contributed by atoms with E-state index in [1.165, 1.54) is 0 Å². The van der Waals surface area contributed by atoms with Crippen LogP contribution in [0.4, 0.5) is 0 Å². The van der Waals surface area contributed by atoms with Crippen molar-refractivity contribution in [1.29, 1.82) is 0 Å². The van der Waals surface area contributed by atoms with Crippen LogP contribution in [-0.4, -0.2) is 18.7 Å². The number of thiophene rings is 1. The van der Waals surface area contributed by atoms with Crippen LogP contribution >= 0.6 is 11.3 Å². The fourth-order valence-electron chi connectivity index (χ4n) is 2.02. The average molecular weight is 310 g/mol. The monoisotopic (exact) mass is 310 g/mol. The minimum atomic E-state index is -0.292. The molecular weight excluding hydrogens is 296 g/mol. The molecule has 1 aromatic heterocycles. The van der Waals surface area contributed by atoms with Gasteiger partial charge in [0.1, 0.15) is 5.75 Å². The number of nitrogens with zero attached hydrogens (tertiary/aromatic N) is 1. The standard InChI is InChI=1S/C17H14N2O2S/c20-17(19-18-10-13-8-9-22-12-13)11-21-16-7-3-5-14-4-1-2-6-15(14)16/h1-10,12H,11H2,(H,19,20). The number of fused-ring (bicyclic) bond motifs is 1. The third-order valence-corrected chi connectivity index (χ3v) is 3.76. The molecule has 1 N–H and O–H groups in total. The molecule has 5 heteroatoms. The molecule has 0 aliphatic heterocycles. The van der Waals surface area contributed by atoms with E-state index in [4.69, 9.17) is 4.74 Å². The minimum absolute atomic E-state index is 0.0744. The smallest absolute Gasteiger partial charge is 0.277 e. The fraction of sp³-hybridized carbons (Fsp3) is 0.0588. The highest BCUT2D eigenvalue weighted by Gasteiger charge is 2.04. The van der Waals surface area contributed by atoms with Crippen LogP contribution in [0.2, 0.25) is 0 Å². The van der Waals surface area contributed by atoms with Gasteiger partial charge in [0.2, 0.25) is 0 Å². The van der Waals surface area contributed by atoms with Gasteiger partial charge in [-0.2, -0.15) is 16.4 Å². The van der Waals surface area contributed by atoms with E-state index in [2.05, 4.69) is 10.5 Å². The first-order valence-corrected chi connectivity index (χ1v) is 7.72. The zero-order valence-electron chi connectivity index (χ0n) is 11.7. The second-order valence-electron chi connectivity index (χ2n) is 4.62. The predicted molar refractivity (Wildman–Crippen MR) is 89.5 cm³/mol. The Kier molecular flexibility index (Phi) is 4.46. The van der Waals surface area contributed by atoms with E-state index in [-0.39, 0.29) is 12.5 Å². The van der Waals surface area contributed by atoms with Crippen LogP contribution in [-0.2, 0) is 4.79 Å². The molecule has 0 saturated heterocycles. The number of hydrogen-bond donors (Lipinski definition) is 1. The normalized spacial score (nSPS) is 10.9.